The number of hydrogen-bond donors (Lipinski definition) is 1. The van der Waals surface area contributed by atoms with E-state index in [1.165, 1.54) is 12.1 Å². The number of pyridine rings is 1. The van der Waals surface area contributed by atoms with Gasteiger partial charge in [0.15, 0.2) is 0 Å². The molecule has 0 atom stereocenters. The second kappa shape index (κ2) is 4.48. The predicted octanol–water partition coefficient (Wildman–Crippen LogP) is 2.91. The fraction of sp³-hybridized carbons (Fsp3) is 0.133. The van der Waals surface area contributed by atoms with Gasteiger partial charge in [-0.1, -0.05) is 6.07 Å². The van der Waals surface area contributed by atoms with Crippen molar-refractivity contribution in [2.45, 2.75) is 13.5 Å². The highest BCUT2D eigenvalue weighted by atomic mass is 19.1. The average molecular weight is 255 g/mol. The Morgan fingerprint density at radius 3 is 2.63 bits per heavy atom. The zero-order valence-corrected chi connectivity index (χ0v) is 10.6. The molecule has 3 nitrogen and oxygen atoms in total. The first-order valence-electron chi connectivity index (χ1n) is 6.13. The summed E-state index contributed by atoms with van der Waals surface area (Å²) < 4.78 is 15.0. The third-order valence-electron chi connectivity index (χ3n) is 3.31. The normalized spacial score (nSPS) is 11.1. The summed E-state index contributed by atoms with van der Waals surface area (Å²) in [4.78, 5) is 4.64. The van der Waals surface area contributed by atoms with Crippen LogP contribution in [0.3, 0.4) is 0 Å². The second-order valence-electron chi connectivity index (χ2n) is 4.48. The van der Waals surface area contributed by atoms with Gasteiger partial charge in [0, 0.05) is 29.6 Å². The van der Waals surface area contributed by atoms with Crippen molar-refractivity contribution >= 4 is 5.65 Å². The van der Waals surface area contributed by atoms with E-state index in [0.29, 0.717) is 6.54 Å². The number of halogens is 1. The molecule has 0 unspecified atom stereocenters. The molecule has 0 aliphatic heterocycles. The van der Waals surface area contributed by atoms with Crippen LogP contribution in [-0.2, 0) is 6.54 Å². The van der Waals surface area contributed by atoms with E-state index in [-0.39, 0.29) is 5.82 Å². The molecule has 0 fully saturated rings. The summed E-state index contributed by atoms with van der Waals surface area (Å²) in [5.74, 6) is -0.243. The molecule has 2 heterocycles. The molecular formula is C15H14FN3. The summed E-state index contributed by atoms with van der Waals surface area (Å²) in [5, 5.41) is 0. The Balaban J connectivity index is 2.25. The number of nitrogens with zero attached hydrogens (tertiary/aromatic N) is 2. The van der Waals surface area contributed by atoms with Gasteiger partial charge in [0.05, 0.1) is 5.69 Å². The summed E-state index contributed by atoms with van der Waals surface area (Å²) in [7, 11) is 0. The molecule has 0 spiro atoms. The van der Waals surface area contributed by atoms with Crippen molar-refractivity contribution in [2.75, 3.05) is 0 Å². The average Bonchev–Trinajstić information content (AvgIpc) is 2.77. The van der Waals surface area contributed by atoms with Crippen molar-refractivity contribution in [2.24, 2.45) is 5.73 Å². The minimum Gasteiger partial charge on any atom is -0.326 e. The molecular weight excluding hydrogens is 241 g/mol. The summed E-state index contributed by atoms with van der Waals surface area (Å²) in [5.41, 5.74) is 10.4. The van der Waals surface area contributed by atoms with Gasteiger partial charge >= 0.3 is 0 Å². The number of nitrogens with two attached hydrogens (primary N) is 1. The van der Waals surface area contributed by atoms with E-state index in [4.69, 9.17) is 5.73 Å². The van der Waals surface area contributed by atoms with Crippen LogP contribution in [0, 0.1) is 12.7 Å². The molecule has 0 radical (unpaired) electrons. The number of imidazole rings is 1. The number of fused-ring (bicyclic) bond motifs is 1. The van der Waals surface area contributed by atoms with Crippen LogP contribution in [0.15, 0.2) is 42.6 Å². The third kappa shape index (κ3) is 1.90. The minimum absolute atomic E-state index is 0.243. The van der Waals surface area contributed by atoms with Gasteiger partial charge < -0.3 is 10.1 Å². The summed E-state index contributed by atoms with van der Waals surface area (Å²) in [6.45, 7) is 2.45. The highest BCUT2D eigenvalue weighted by molar-refractivity contribution is 5.67. The lowest BCUT2D eigenvalue weighted by atomic mass is 10.1. The third-order valence-corrected chi connectivity index (χ3v) is 3.31. The van der Waals surface area contributed by atoms with Crippen molar-refractivity contribution in [1.82, 2.24) is 9.38 Å². The van der Waals surface area contributed by atoms with Gasteiger partial charge in [-0.25, -0.2) is 9.37 Å². The number of benzene rings is 1. The van der Waals surface area contributed by atoms with Crippen molar-refractivity contribution in [3.8, 4) is 11.3 Å². The maximum Gasteiger partial charge on any atom is 0.142 e. The van der Waals surface area contributed by atoms with Crippen LogP contribution in [-0.4, -0.2) is 9.38 Å². The Labute approximate surface area is 110 Å². The number of aryl methyl sites for hydroxylation is 1. The van der Waals surface area contributed by atoms with Crippen molar-refractivity contribution in [3.05, 3.63) is 59.7 Å². The molecule has 19 heavy (non-hydrogen) atoms. The Morgan fingerprint density at radius 1 is 1.21 bits per heavy atom. The first-order valence-corrected chi connectivity index (χ1v) is 6.13. The van der Waals surface area contributed by atoms with Gasteiger partial charge in [-0.3, -0.25) is 0 Å². The Kier molecular flexibility index (Phi) is 2.80. The van der Waals surface area contributed by atoms with E-state index in [1.807, 2.05) is 29.7 Å². The fourth-order valence-electron chi connectivity index (χ4n) is 2.28. The Bertz CT molecular complexity index is 729. The number of aromatic nitrogens is 2. The lowest BCUT2D eigenvalue weighted by Crippen LogP contribution is -1.99. The van der Waals surface area contributed by atoms with E-state index in [0.717, 1.165) is 28.2 Å². The van der Waals surface area contributed by atoms with Gasteiger partial charge in [0.25, 0.3) is 0 Å². The molecule has 0 aliphatic carbocycles. The van der Waals surface area contributed by atoms with Crippen molar-refractivity contribution in [3.63, 3.8) is 0 Å². The minimum atomic E-state index is -0.243. The number of rotatable bonds is 2. The molecule has 96 valence electrons. The number of hydrogen-bond acceptors (Lipinski definition) is 2. The van der Waals surface area contributed by atoms with E-state index >= 15 is 0 Å². The maximum absolute atomic E-state index is 13.0. The molecule has 3 aromatic rings. The zero-order chi connectivity index (χ0) is 13.4. The topological polar surface area (TPSA) is 43.3 Å². The van der Waals surface area contributed by atoms with Crippen LogP contribution in [0.1, 0.15) is 11.3 Å². The van der Waals surface area contributed by atoms with Gasteiger partial charge in [-0.05, 0) is 37.3 Å². The van der Waals surface area contributed by atoms with Crippen LogP contribution in [0.4, 0.5) is 4.39 Å². The molecule has 0 bridgehead atoms. The van der Waals surface area contributed by atoms with E-state index < -0.39 is 0 Å². The highest BCUT2D eigenvalue weighted by Crippen LogP contribution is 2.25. The molecule has 3 rings (SSSR count). The first-order chi connectivity index (χ1) is 9.20. The van der Waals surface area contributed by atoms with E-state index in [9.17, 15) is 4.39 Å². The monoisotopic (exact) mass is 255 g/mol. The molecule has 2 aromatic heterocycles. The maximum atomic E-state index is 13.0. The highest BCUT2D eigenvalue weighted by Gasteiger charge is 2.12. The van der Waals surface area contributed by atoms with Crippen LogP contribution in [0.5, 0.6) is 0 Å². The quantitative estimate of drug-likeness (QED) is 0.765. The van der Waals surface area contributed by atoms with Crippen LogP contribution < -0.4 is 5.73 Å². The lowest BCUT2D eigenvalue weighted by molar-refractivity contribution is 0.628. The molecule has 0 amide bonds. The SMILES string of the molecule is Cc1c(-c2ccc(F)cc2)nc2c(CN)cccn12. The zero-order valence-electron chi connectivity index (χ0n) is 10.6. The predicted molar refractivity (Wildman–Crippen MR) is 73.2 cm³/mol. The van der Waals surface area contributed by atoms with Gasteiger partial charge in [-0.15, -0.1) is 0 Å². The summed E-state index contributed by atoms with van der Waals surface area (Å²) in [6.07, 6.45) is 1.96. The fourth-order valence-corrected chi connectivity index (χ4v) is 2.28. The van der Waals surface area contributed by atoms with Gasteiger partial charge in [0.1, 0.15) is 11.5 Å². The smallest absolute Gasteiger partial charge is 0.142 e. The largest absolute Gasteiger partial charge is 0.326 e. The van der Waals surface area contributed by atoms with Crippen molar-refractivity contribution in [1.29, 1.82) is 0 Å². The van der Waals surface area contributed by atoms with Crippen molar-refractivity contribution < 1.29 is 4.39 Å². The summed E-state index contributed by atoms with van der Waals surface area (Å²) >= 11 is 0. The van der Waals surface area contributed by atoms with Gasteiger partial charge in [-0.2, -0.15) is 0 Å². The summed E-state index contributed by atoms with van der Waals surface area (Å²) in [6, 6.07) is 10.3. The molecule has 1 aromatic carbocycles. The Morgan fingerprint density at radius 2 is 1.95 bits per heavy atom. The standard InChI is InChI=1S/C15H14FN3/c1-10-14(11-4-6-13(16)7-5-11)18-15-12(9-17)3-2-8-19(10)15/h2-8H,9,17H2,1H3. The molecule has 4 heteroatoms. The van der Waals surface area contributed by atoms with Crippen LogP contribution >= 0.6 is 0 Å². The molecule has 0 aliphatic rings. The molecule has 2 N–H and O–H groups in total. The van der Waals surface area contributed by atoms with E-state index in [1.54, 1.807) is 12.1 Å². The molecule has 0 saturated carbocycles. The van der Waals surface area contributed by atoms with Gasteiger partial charge in [0.2, 0.25) is 0 Å². The first kappa shape index (κ1) is 11.9. The van der Waals surface area contributed by atoms with E-state index in [2.05, 4.69) is 4.98 Å². The molecule has 0 saturated heterocycles. The van der Waals surface area contributed by atoms with Crippen LogP contribution in [0.25, 0.3) is 16.9 Å². The van der Waals surface area contributed by atoms with Crippen LogP contribution in [0.2, 0.25) is 0 Å². The Hall–Kier alpha value is -2.20. The lowest BCUT2D eigenvalue weighted by Gasteiger charge is -2.00. The second-order valence-corrected chi connectivity index (χ2v) is 4.48.